The number of halogens is 1. The van der Waals surface area contributed by atoms with Crippen molar-refractivity contribution in [2.24, 2.45) is 0 Å². The molecule has 18 heavy (non-hydrogen) atoms. The van der Waals surface area contributed by atoms with Crippen molar-refractivity contribution >= 4 is 5.91 Å². The molecule has 0 bridgehead atoms. The summed E-state index contributed by atoms with van der Waals surface area (Å²) < 4.78 is 18.0. The van der Waals surface area contributed by atoms with E-state index in [2.05, 4.69) is 10.5 Å². The number of aryl methyl sites for hydroxylation is 2. The molecule has 0 aliphatic rings. The molecule has 0 saturated heterocycles. The summed E-state index contributed by atoms with van der Waals surface area (Å²) in [6.07, 6.45) is 0. The van der Waals surface area contributed by atoms with Crippen LogP contribution < -0.4 is 5.32 Å². The van der Waals surface area contributed by atoms with Crippen LogP contribution in [0.5, 0.6) is 0 Å². The fourth-order valence-corrected chi connectivity index (χ4v) is 1.56. The minimum atomic E-state index is -0.322. The summed E-state index contributed by atoms with van der Waals surface area (Å²) in [5, 5.41) is 6.40. The first-order chi connectivity index (χ1) is 8.56. The maximum atomic E-state index is 13.1. The third kappa shape index (κ3) is 2.74. The van der Waals surface area contributed by atoms with E-state index in [0.29, 0.717) is 16.9 Å². The number of hydrogen-bond donors (Lipinski definition) is 1. The molecule has 94 valence electrons. The van der Waals surface area contributed by atoms with Crippen LogP contribution in [0.3, 0.4) is 0 Å². The van der Waals surface area contributed by atoms with Crippen molar-refractivity contribution in [2.75, 3.05) is 0 Å². The topological polar surface area (TPSA) is 55.1 Å². The Morgan fingerprint density at radius 3 is 2.78 bits per heavy atom. The number of carbonyl (C=O) groups is 1. The summed E-state index contributed by atoms with van der Waals surface area (Å²) in [7, 11) is 0. The predicted molar refractivity (Wildman–Crippen MR) is 63.5 cm³/mol. The standard InChI is InChI=1S/C13H13FN2O2/c1-8-5-10(3-4-12(8)14)13(17)15-7-11-6-9(2)16-18-11/h3-6H,7H2,1-2H3,(H,15,17). The van der Waals surface area contributed by atoms with Gasteiger partial charge in [-0.1, -0.05) is 5.16 Å². The molecule has 2 aromatic rings. The largest absolute Gasteiger partial charge is 0.359 e. The maximum absolute atomic E-state index is 13.1. The number of carbonyl (C=O) groups excluding carboxylic acids is 1. The summed E-state index contributed by atoms with van der Waals surface area (Å²) in [5.41, 5.74) is 1.63. The number of hydrogen-bond acceptors (Lipinski definition) is 3. The molecule has 2 rings (SSSR count). The van der Waals surface area contributed by atoms with Gasteiger partial charge < -0.3 is 9.84 Å². The summed E-state index contributed by atoms with van der Waals surface area (Å²) >= 11 is 0. The average Bonchev–Trinajstić information content (AvgIpc) is 2.75. The number of benzene rings is 1. The number of rotatable bonds is 3. The van der Waals surface area contributed by atoms with Crippen LogP contribution in [0.1, 0.15) is 27.4 Å². The molecular weight excluding hydrogens is 235 g/mol. The minimum absolute atomic E-state index is 0.260. The Hall–Kier alpha value is -2.17. The number of amides is 1. The lowest BCUT2D eigenvalue weighted by atomic mass is 10.1. The van der Waals surface area contributed by atoms with Gasteiger partial charge in [0.25, 0.3) is 5.91 Å². The van der Waals surface area contributed by atoms with Gasteiger partial charge in [0.15, 0.2) is 5.76 Å². The van der Waals surface area contributed by atoms with Gasteiger partial charge in [-0.05, 0) is 37.6 Å². The van der Waals surface area contributed by atoms with E-state index in [1.54, 1.807) is 19.9 Å². The number of aromatic nitrogens is 1. The van der Waals surface area contributed by atoms with Gasteiger partial charge in [0.2, 0.25) is 0 Å². The Morgan fingerprint density at radius 2 is 2.17 bits per heavy atom. The molecule has 0 aliphatic heterocycles. The van der Waals surface area contributed by atoms with E-state index in [1.165, 1.54) is 18.2 Å². The van der Waals surface area contributed by atoms with Crippen molar-refractivity contribution in [1.29, 1.82) is 0 Å². The second kappa shape index (κ2) is 5.00. The van der Waals surface area contributed by atoms with Gasteiger partial charge in [-0.3, -0.25) is 4.79 Å². The van der Waals surface area contributed by atoms with Crippen LogP contribution in [0.15, 0.2) is 28.8 Å². The highest BCUT2D eigenvalue weighted by Crippen LogP contribution is 2.09. The van der Waals surface area contributed by atoms with E-state index in [0.717, 1.165) is 5.69 Å². The Labute approximate surface area is 104 Å². The molecule has 1 N–H and O–H groups in total. The zero-order valence-corrected chi connectivity index (χ0v) is 10.2. The zero-order valence-electron chi connectivity index (χ0n) is 10.2. The van der Waals surface area contributed by atoms with Gasteiger partial charge in [-0.25, -0.2) is 4.39 Å². The molecule has 1 aromatic carbocycles. The third-order valence-electron chi connectivity index (χ3n) is 2.52. The molecule has 0 atom stereocenters. The van der Waals surface area contributed by atoms with E-state index < -0.39 is 0 Å². The maximum Gasteiger partial charge on any atom is 0.251 e. The minimum Gasteiger partial charge on any atom is -0.359 e. The normalized spacial score (nSPS) is 10.4. The van der Waals surface area contributed by atoms with Gasteiger partial charge in [-0.15, -0.1) is 0 Å². The third-order valence-corrected chi connectivity index (χ3v) is 2.52. The SMILES string of the molecule is Cc1cc(CNC(=O)c2ccc(F)c(C)c2)on1. The molecule has 1 heterocycles. The van der Waals surface area contributed by atoms with Gasteiger partial charge in [0.05, 0.1) is 12.2 Å². The lowest BCUT2D eigenvalue weighted by Crippen LogP contribution is -2.22. The smallest absolute Gasteiger partial charge is 0.251 e. The lowest BCUT2D eigenvalue weighted by Gasteiger charge is -2.04. The molecular formula is C13H13FN2O2. The van der Waals surface area contributed by atoms with Crippen molar-refractivity contribution in [3.05, 3.63) is 52.7 Å². The highest BCUT2D eigenvalue weighted by Gasteiger charge is 2.08. The van der Waals surface area contributed by atoms with Crippen LogP contribution in [0.4, 0.5) is 4.39 Å². The van der Waals surface area contributed by atoms with Crippen molar-refractivity contribution in [2.45, 2.75) is 20.4 Å². The highest BCUT2D eigenvalue weighted by molar-refractivity contribution is 5.94. The van der Waals surface area contributed by atoms with Crippen molar-refractivity contribution in [3.8, 4) is 0 Å². The van der Waals surface area contributed by atoms with Crippen LogP contribution in [-0.4, -0.2) is 11.1 Å². The Balaban J connectivity index is 2.01. The molecule has 0 spiro atoms. The van der Waals surface area contributed by atoms with Crippen LogP contribution in [0.2, 0.25) is 0 Å². The highest BCUT2D eigenvalue weighted by atomic mass is 19.1. The van der Waals surface area contributed by atoms with Crippen molar-refractivity contribution < 1.29 is 13.7 Å². The summed E-state index contributed by atoms with van der Waals surface area (Å²) in [6.45, 7) is 3.68. The fourth-order valence-electron chi connectivity index (χ4n) is 1.56. The Kier molecular flexibility index (Phi) is 3.41. The monoisotopic (exact) mass is 248 g/mol. The molecule has 0 radical (unpaired) electrons. The van der Waals surface area contributed by atoms with Crippen LogP contribution in [0, 0.1) is 19.7 Å². The first kappa shape index (κ1) is 12.3. The number of nitrogens with zero attached hydrogens (tertiary/aromatic N) is 1. The second-order valence-electron chi connectivity index (χ2n) is 4.08. The Bertz CT molecular complexity index is 578. The Morgan fingerprint density at radius 1 is 1.39 bits per heavy atom. The van der Waals surface area contributed by atoms with Crippen molar-refractivity contribution in [3.63, 3.8) is 0 Å². The van der Waals surface area contributed by atoms with Gasteiger partial charge in [-0.2, -0.15) is 0 Å². The first-order valence-corrected chi connectivity index (χ1v) is 5.53. The molecule has 0 saturated carbocycles. The molecule has 0 aliphatic carbocycles. The zero-order chi connectivity index (χ0) is 13.1. The van der Waals surface area contributed by atoms with E-state index >= 15 is 0 Å². The lowest BCUT2D eigenvalue weighted by molar-refractivity contribution is 0.0947. The van der Waals surface area contributed by atoms with Gasteiger partial charge in [0.1, 0.15) is 5.82 Å². The van der Waals surface area contributed by atoms with Gasteiger partial charge in [0, 0.05) is 11.6 Å². The molecule has 1 aromatic heterocycles. The summed E-state index contributed by atoms with van der Waals surface area (Å²) in [4.78, 5) is 11.8. The summed E-state index contributed by atoms with van der Waals surface area (Å²) in [6, 6.07) is 5.98. The molecule has 1 amide bonds. The number of nitrogens with one attached hydrogen (secondary N) is 1. The average molecular weight is 248 g/mol. The summed E-state index contributed by atoms with van der Waals surface area (Å²) in [5.74, 6) is -0.00996. The van der Waals surface area contributed by atoms with Gasteiger partial charge >= 0.3 is 0 Å². The van der Waals surface area contributed by atoms with E-state index in [1.807, 2.05) is 0 Å². The van der Waals surface area contributed by atoms with E-state index in [9.17, 15) is 9.18 Å². The molecule has 0 unspecified atom stereocenters. The predicted octanol–water partition coefficient (Wildman–Crippen LogP) is 2.36. The fraction of sp³-hybridized carbons (Fsp3) is 0.231. The van der Waals surface area contributed by atoms with Crippen LogP contribution in [0.25, 0.3) is 0 Å². The van der Waals surface area contributed by atoms with Crippen LogP contribution >= 0.6 is 0 Å². The molecule has 5 heteroatoms. The first-order valence-electron chi connectivity index (χ1n) is 5.53. The quantitative estimate of drug-likeness (QED) is 0.907. The van der Waals surface area contributed by atoms with Crippen LogP contribution in [-0.2, 0) is 6.54 Å². The van der Waals surface area contributed by atoms with Crippen molar-refractivity contribution in [1.82, 2.24) is 10.5 Å². The second-order valence-corrected chi connectivity index (χ2v) is 4.08. The molecule has 4 nitrogen and oxygen atoms in total. The van der Waals surface area contributed by atoms with E-state index in [4.69, 9.17) is 4.52 Å². The van der Waals surface area contributed by atoms with E-state index in [-0.39, 0.29) is 18.3 Å². The molecule has 0 fully saturated rings.